The molecule has 196 valence electrons. The summed E-state index contributed by atoms with van der Waals surface area (Å²) in [6.45, 7) is 9.04. The van der Waals surface area contributed by atoms with Crippen molar-refractivity contribution < 1.29 is 46.3 Å². The van der Waals surface area contributed by atoms with Crippen LogP contribution in [0.4, 0.5) is 15.8 Å². The Balaban J connectivity index is 0. The Hall–Kier alpha value is -0.250. The van der Waals surface area contributed by atoms with Gasteiger partial charge < -0.3 is 11.6 Å². The van der Waals surface area contributed by atoms with Crippen molar-refractivity contribution in [1.82, 2.24) is 0 Å². The Kier molecular flexibility index (Phi) is 17.7. The number of nitrogens with one attached hydrogen (secondary N) is 1. The van der Waals surface area contributed by atoms with Crippen molar-refractivity contribution in [3.63, 3.8) is 0 Å². The number of hydrogen-bond donors (Lipinski definition) is 1. The van der Waals surface area contributed by atoms with E-state index in [0.29, 0.717) is 12.8 Å². The van der Waals surface area contributed by atoms with Crippen LogP contribution in [-0.4, -0.2) is 30.8 Å². The number of rotatable bonds is 6. The molecule has 0 radical (unpaired) electrons. The summed E-state index contributed by atoms with van der Waals surface area (Å²) in [5.74, 6) is 0.347. The molecule has 9 heteroatoms. The number of carbonyl (C=O) groups is 2. The fourth-order valence-electron chi connectivity index (χ4n) is 3.78. The fraction of sp³-hybridized carbons (Fsp3) is 0.481. The van der Waals surface area contributed by atoms with Gasteiger partial charge in [-0.05, 0) is 99.9 Å². The van der Waals surface area contributed by atoms with E-state index in [2.05, 4.69) is 79.1 Å². The van der Waals surface area contributed by atoms with Crippen LogP contribution < -0.4 is 39.8 Å². The van der Waals surface area contributed by atoms with Gasteiger partial charge in [0.2, 0.25) is 11.8 Å². The van der Waals surface area contributed by atoms with Gasteiger partial charge in [0.15, 0.2) is 0 Å². The third kappa shape index (κ3) is 11.6. The van der Waals surface area contributed by atoms with E-state index >= 15 is 0 Å². The van der Waals surface area contributed by atoms with Gasteiger partial charge in [0.1, 0.15) is 0 Å². The number of nitrogens with zero attached hydrogens (tertiary/aromatic N) is 1. The van der Waals surface area contributed by atoms with Gasteiger partial charge in [-0.3, -0.25) is 14.0 Å². The van der Waals surface area contributed by atoms with Crippen molar-refractivity contribution in [2.75, 3.05) is 29.2 Å². The van der Waals surface area contributed by atoms with Crippen molar-refractivity contribution in [3.8, 4) is 0 Å². The number of halogens is 4. The number of benzene rings is 2. The average molecular weight is 704 g/mol. The molecule has 0 atom stereocenters. The van der Waals surface area contributed by atoms with Crippen molar-refractivity contribution in [2.24, 2.45) is 0 Å². The Morgan fingerprint density at radius 3 is 2.00 bits per heavy atom. The monoisotopic (exact) mass is 701 g/mol. The second kappa shape index (κ2) is 18.9. The van der Waals surface area contributed by atoms with Crippen molar-refractivity contribution >= 4 is 71.0 Å². The predicted octanol–water partition coefficient (Wildman–Crippen LogP) is 5.85. The van der Waals surface area contributed by atoms with E-state index in [4.69, 9.17) is 1.37 Å². The van der Waals surface area contributed by atoms with E-state index < -0.39 is 7.15 Å². The number of carbonyl (C=O) groups excluding carboxylic acids is 2. The maximum Gasteiger partial charge on any atom is 1.00 e. The van der Waals surface area contributed by atoms with E-state index in [-0.39, 0.29) is 42.8 Å². The van der Waals surface area contributed by atoms with Gasteiger partial charge in [-0.25, -0.2) is 0 Å². The molecule has 1 aliphatic heterocycles. The fourth-order valence-corrected chi connectivity index (χ4v) is 4.63. The molecular formula is C27H37Br3FN2NaO2. The van der Waals surface area contributed by atoms with Crippen LogP contribution in [0.5, 0.6) is 0 Å². The largest absolute Gasteiger partial charge is 1.00 e. The molecule has 2 amide bonds. The normalized spacial score (nSPS) is 12.8. The minimum Gasteiger partial charge on any atom is -1.00 e. The van der Waals surface area contributed by atoms with Gasteiger partial charge in [-0.1, -0.05) is 47.8 Å². The van der Waals surface area contributed by atoms with Crippen LogP contribution in [0.2, 0.25) is 0 Å². The number of alkyl halides is 2. The Bertz CT molecular complexity index is 986. The minimum atomic E-state index is -1.00. The number of anilines is 2. The zero-order valence-corrected chi connectivity index (χ0v) is 28.7. The summed E-state index contributed by atoms with van der Waals surface area (Å²) in [7, 11) is -1.00. The van der Waals surface area contributed by atoms with E-state index in [1.165, 1.54) is 11.1 Å². The number of unbranched alkanes of at least 4 members (excludes halogenated alkanes) is 1. The quantitative estimate of drug-likeness (QED) is 0.233. The molecule has 4 nitrogen and oxygen atoms in total. The van der Waals surface area contributed by atoms with Crippen LogP contribution in [0.25, 0.3) is 0 Å². The summed E-state index contributed by atoms with van der Waals surface area (Å²) in [5.41, 5.74) is 6.58. The van der Waals surface area contributed by atoms with Gasteiger partial charge in [-0.2, -0.15) is 0 Å². The molecule has 1 fully saturated rings. The Labute approximate surface area is 266 Å². The van der Waals surface area contributed by atoms with Crippen LogP contribution in [0.15, 0.2) is 33.2 Å². The first-order valence-corrected chi connectivity index (χ1v) is 14.3. The topological polar surface area (TPSA) is 49.4 Å². The number of amides is 2. The summed E-state index contributed by atoms with van der Waals surface area (Å²) in [4.78, 5) is 25.4. The maximum absolute atomic E-state index is 11.8. The van der Waals surface area contributed by atoms with E-state index in [1.807, 2.05) is 30.9 Å². The molecule has 36 heavy (non-hydrogen) atoms. The molecule has 0 bridgehead atoms. The van der Waals surface area contributed by atoms with Crippen LogP contribution >= 0.6 is 47.8 Å². The summed E-state index contributed by atoms with van der Waals surface area (Å²) in [6.07, 6.45) is 5.37. The molecule has 0 aliphatic carbocycles. The molecule has 1 N–H and O–H groups in total. The predicted molar refractivity (Wildman–Crippen MR) is 158 cm³/mol. The van der Waals surface area contributed by atoms with Gasteiger partial charge in [0.05, 0.1) is 8.52 Å². The van der Waals surface area contributed by atoms with E-state index in [0.717, 1.165) is 69.0 Å². The summed E-state index contributed by atoms with van der Waals surface area (Å²) >= 11 is 10.4. The van der Waals surface area contributed by atoms with Crippen molar-refractivity contribution in [3.05, 3.63) is 55.5 Å². The molecule has 1 saturated heterocycles. The molecule has 2 aromatic rings. The average Bonchev–Trinajstić information content (AvgIpc) is 2.82. The van der Waals surface area contributed by atoms with E-state index in [1.54, 1.807) is 0 Å². The first kappa shape index (κ1) is 33.8. The zero-order chi connectivity index (χ0) is 27.3. The second-order valence-corrected chi connectivity index (χ2v) is 10.9. The van der Waals surface area contributed by atoms with Crippen molar-refractivity contribution in [2.45, 2.75) is 66.2 Å². The number of hydrogen-bond acceptors (Lipinski definition) is 2. The molecular weight excluding hydrogens is 666 g/mol. The summed E-state index contributed by atoms with van der Waals surface area (Å²) < 4.78 is 17.7. The third-order valence-electron chi connectivity index (χ3n) is 5.56. The third-order valence-corrected chi connectivity index (χ3v) is 8.63. The molecule has 1 heterocycles. The Morgan fingerprint density at radius 1 is 1.03 bits per heavy atom. The van der Waals surface area contributed by atoms with Crippen LogP contribution in [0, 0.1) is 27.7 Å². The maximum atomic E-state index is 11.8. The molecule has 0 aromatic heterocycles. The molecule has 0 saturated carbocycles. The second-order valence-electron chi connectivity index (χ2n) is 8.51. The molecule has 3 rings (SSSR count). The molecule has 1 aliphatic rings. The smallest absolute Gasteiger partial charge is 1.00 e. The SMILES string of the molecule is Cc1cc(N2CCCCC2=O)cc(C)c1Br.Cc1cc(NC(=O)CCCCBr)cc(C)c1Br.[2H]CF.[H-].[Na+]. The van der Waals surface area contributed by atoms with Crippen LogP contribution in [-0.2, 0) is 9.59 Å². The van der Waals surface area contributed by atoms with Gasteiger partial charge in [-0.15, -0.1) is 0 Å². The minimum absolute atomic E-state index is 0. The van der Waals surface area contributed by atoms with Gasteiger partial charge >= 0.3 is 29.6 Å². The standard InChI is InChI=1S/C13H17Br2NO.C13H16BrNO.CH3F.Na.H/c1-9-7-11(8-10(2)13(9)15)16-12(17)5-3-4-6-14;1-9-7-11(8-10(2)13(9)14)15-6-4-3-5-12(15)16;1-2;;/h7-8H,3-6H2,1-2H3,(H,16,17);7-8H,3-6H2,1-2H3;1H3;;/q;;;+1;-1/i;;1D;;. The number of piperidine rings is 1. The zero-order valence-electron chi connectivity index (χ0n) is 23.9. The molecule has 0 unspecified atom stereocenters. The summed E-state index contributed by atoms with van der Waals surface area (Å²) in [6, 6.07) is 8.14. The van der Waals surface area contributed by atoms with E-state index in [9.17, 15) is 14.0 Å². The molecule has 0 spiro atoms. The first-order chi connectivity index (χ1) is 17.0. The van der Waals surface area contributed by atoms with Crippen molar-refractivity contribution in [1.29, 1.82) is 0 Å². The molecule has 2 aromatic carbocycles. The number of aryl methyl sites for hydroxylation is 4. The van der Waals surface area contributed by atoms with Gasteiger partial charge in [0, 0.05) is 45.0 Å². The van der Waals surface area contributed by atoms with Gasteiger partial charge in [0.25, 0.3) is 0 Å². The first-order valence-electron chi connectivity index (χ1n) is 12.3. The van der Waals surface area contributed by atoms with Crippen LogP contribution in [0.1, 0.15) is 63.6 Å². The van der Waals surface area contributed by atoms with Crippen LogP contribution in [0.3, 0.4) is 0 Å². The summed E-state index contributed by atoms with van der Waals surface area (Å²) in [5, 5.41) is 3.89. The Morgan fingerprint density at radius 2 is 1.53 bits per heavy atom.